The van der Waals surface area contributed by atoms with E-state index in [2.05, 4.69) is 25.6 Å². The number of aryl methyl sites for hydroxylation is 1. The predicted molar refractivity (Wildman–Crippen MR) is 79.0 cm³/mol. The van der Waals surface area contributed by atoms with Crippen LogP contribution in [0.1, 0.15) is 17.5 Å². The van der Waals surface area contributed by atoms with Crippen LogP contribution in [0.15, 0.2) is 12.3 Å². The van der Waals surface area contributed by atoms with E-state index >= 15 is 0 Å². The first-order valence-electron chi connectivity index (χ1n) is 7.05. The minimum absolute atomic E-state index is 0.176. The van der Waals surface area contributed by atoms with Gasteiger partial charge in [-0.15, -0.1) is 0 Å². The van der Waals surface area contributed by atoms with Gasteiger partial charge in [0.05, 0.1) is 19.1 Å². The van der Waals surface area contributed by atoms with E-state index in [1.54, 1.807) is 6.20 Å². The van der Waals surface area contributed by atoms with Crippen LogP contribution in [0.3, 0.4) is 0 Å². The Morgan fingerprint density at radius 1 is 1.43 bits per heavy atom. The first-order valence-corrected chi connectivity index (χ1v) is 7.05. The summed E-state index contributed by atoms with van der Waals surface area (Å²) in [5.41, 5.74) is 1.61. The molecule has 1 aromatic heterocycles. The van der Waals surface area contributed by atoms with Crippen LogP contribution in [0, 0.1) is 18.3 Å². The lowest BCUT2D eigenvalue weighted by atomic mass is 10.1. The highest BCUT2D eigenvalue weighted by atomic mass is 16.5. The normalized spacial score (nSPS) is 15.6. The summed E-state index contributed by atoms with van der Waals surface area (Å²) in [4.78, 5) is 19.9. The second-order valence-electron chi connectivity index (χ2n) is 5.09. The third-order valence-electron chi connectivity index (χ3n) is 3.78. The molecule has 6 heteroatoms. The maximum atomic E-state index is 11.2. The fourth-order valence-corrected chi connectivity index (χ4v) is 2.46. The van der Waals surface area contributed by atoms with Gasteiger partial charge in [-0.05, 0) is 18.6 Å². The first-order chi connectivity index (χ1) is 10.2. The predicted octanol–water partition coefficient (Wildman–Crippen LogP) is 0.947. The van der Waals surface area contributed by atoms with Crippen molar-refractivity contribution in [3.8, 4) is 6.07 Å². The van der Waals surface area contributed by atoms with E-state index in [0.717, 1.165) is 37.6 Å². The van der Waals surface area contributed by atoms with E-state index < -0.39 is 0 Å². The van der Waals surface area contributed by atoms with Gasteiger partial charge in [-0.1, -0.05) is 0 Å². The number of ether oxygens (including phenoxy) is 1. The minimum Gasteiger partial charge on any atom is -0.469 e. The summed E-state index contributed by atoms with van der Waals surface area (Å²) in [6.45, 7) is 5.98. The van der Waals surface area contributed by atoms with Crippen LogP contribution < -0.4 is 4.90 Å². The molecule has 2 rings (SSSR count). The van der Waals surface area contributed by atoms with Crippen molar-refractivity contribution in [1.82, 2.24) is 9.88 Å². The number of carbonyl (C=O) groups is 1. The molecule has 112 valence electrons. The van der Waals surface area contributed by atoms with Gasteiger partial charge in [0.15, 0.2) is 0 Å². The molecule has 21 heavy (non-hydrogen) atoms. The number of esters is 1. The molecule has 0 radical (unpaired) electrons. The Bertz CT molecular complexity index is 545. The summed E-state index contributed by atoms with van der Waals surface area (Å²) in [7, 11) is 1.41. The highest BCUT2D eigenvalue weighted by molar-refractivity contribution is 5.69. The number of hydrogen-bond acceptors (Lipinski definition) is 6. The maximum absolute atomic E-state index is 11.2. The summed E-state index contributed by atoms with van der Waals surface area (Å²) in [6, 6.07) is 4.10. The van der Waals surface area contributed by atoms with Gasteiger partial charge in [0.1, 0.15) is 11.9 Å². The Hall–Kier alpha value is -2.13. The van der Waals surface area contributed by atoms with Gasteiger partial charge in [-0.25, -0.2) is 4.98 Å². The zero-order valence-electron chi connectivity index (χ0n) is 12.5. The number of methoxy groups -OCH3 is 1. The number of hydrogen-bond donors (Lipinski definition) is 0. The molecule has 2 heterocycles. The second kappa shape index (κ2) is 7.04. The summed E-state index contributed by atoms with van der Waals surface area (Å²) >= 11 is 0. The van der Waals surface area contributed by atoms with Crippen molar-refractivity contribution < 1.29 is 9.53 Å². The SMILES string of the molecule is COC(=O)CCN1CCN(c2nccc(C)c2C#N)CC1. The average molecular weight is 288 g/mol. The summed E-state index contributed by atoms with van der Waals surface area (Å²) in [5.74, 6) is 0.592. The van der Waals surface area contributed by atoms with E-state index in [1.165, 1.54) is 7.11 Å². The lowest BCUT2D eigenvalue weighted by Gasteiger charge is -2.35. The molecule has 1 aliphatic rings. The third kappa shape index (κ3) is 3.70. The molecule has 0 aromatic carbocycles. The topological polar surface area (TPSA) is 69.5 Å². The largest absolute Gasteiger partial charge is 0.469 e. The molecule has 1 fully saturated rings. The second-order valence-corrected chi connectivity index (χ2v) is 5.09. The van der Waals surface area contributed by atoms with Crippen molar-refractivity contribution in [3.05, 3.63) is 23.4 Å². The van der Waals surface area contributed by atoms with Crippen LogP contribution in [0.25, 0.3) is 0 Å². The van der Waals surface area contributed by atoms with Gasteiger partial charge in [0.25, 0.3) is 0 Å². The molecule has 0 aliphatic carbocycles. The maximum Gasteiger partial charge on any atom is 0.306 e. The quantitative estimate of drug-likeness (QED) is 0.768. The number of aromatic nitrogens is 1. The standard InChI is InChI=1S/C15H20N4O2/c1-12-3-5-17-15(13(12)11-16)19-9-7-18(8-10-19)6-4-14(20)21-2/h3,5H,4,6-10H2,1-2H3. The van der Waals surface area contributed by atoms with Crippen molar-refractivity contribution in [1.29, 1.82) is 5.26 Å². The molecular formula is C15H20N4O2. The molecule has 0 N–H and O–H groups in total. The molecule has 0 saturated carbocycles. The van der Waals surface area contributed by atoms with Crippen molar-refractivity contribution in [2.24, 2.45) is 0 Å². The lowest BCUT2D eigenvalue weighted by molar-refractivity contribution is -0.141. The van der Waals surface area contributed by atoms with Crippen molar-refractivity contribution in [2.45, 2.75) is 13.3 Å². The highest BCUT2D eigenvalue weighted by Gasteiger charge is 2.21. The van der Waals surface area contributed by atoms with E-state index in [0.29, 0.717) is 18.5 Å². The van der Waals surface area contributed by atoms with Crippen LogP contribution >= 0.6 is 0 Å². The molecular weight excluding hydrogens is 268 g/mol. The van der Waals surface area contributed by atoms with E-state index in [4.69, 9.17) is 0 Å². The van der Waals surface area contributed by atoms with Crippen LogP contribution in [0.4, 0.5) is 5.82 Å². The van der Waals surface area contributed by atoms with Crippen LogP contribution in [0.5, 0.6) is 0 Å². The highest BCUT2D eigenvalue weighted by Crippen LogP contribution is 2.21. The van der Waals surface area contributed by atoms with Crippen molar-refractivity contribution in [3.63, 3.8) is 0 Å². The zero-order valence-corrected chi connectivity index (χ0v) is 12.5. The fraction of sp³-hybridized carbons (Fsp3) is 0.533. The van der Waals surface area contributed by atoms with Gasteiger partial charge in [-0.3, -0.25) is 9.69 Å². The molecule has 0 bridgehead atoms. The minimum atomic E-state index is -0.176. The third-order valence-corrected chi connectivity index (χ3v) is 3.78. The monoisotopic (exact) mass is 288 g/mol. The fourth-order valence-electron chi connectivity index (χ4n) is 2.46. The number of nitrogens with zero attached hydrogens (tertiary/aromatic N) is 4. The summed E-state index contributed by atoms with van der Waals surface area (Å²) < 4.78 is 4.65. The molecule has 0 atom stereocenters. The molecule has 1 saturated heterocycles. The zero-order chi connectivity index (χ0) is 15.2. The Labute approximate surface area is 124 Å². The van der Waals surface area contributed by atoms with Crippen LogP contribution in [-0.2, 0) is 9.53 Å². The Morgan fingerprint density at radius 2 is 2.14 bits per heavy atom. The van der Waals surface area contributed by atoms with Gasteiger partial charge >= 0.3 is 5.97 Å². The number of pyridine rings is 1. The average Bonchev–Trinajstić information content (AvgIpc) is 2.52. The first kappa shape index (κ1) is 15.3. The number of anilines is 1. The van der Waals surface area contributed by atoms with Crippen LogP contribution in [-0.4, -0.2) is 55.7 Å². The van der Waals surface area contributed by atoms with Crippen LogP contribution in [0.2, 0.25) is 0 Å². The van der Waals surface area contributed by atoms with Gasteiger partial charge in [0.2, 0.25) is 0 Å². The number of carbonyl (C=O) groups excluding carboxylic acids is 1. The summed E-state index contributed by atoms with van der Waals surface area (Å²) in [6.07, 6.45) is 2.16. The molecule has 0 unspecified atom stereocenters. The van der Waals surface area contributed by atoms with E-state index in [1.807, 2.05) is 13.0 Å². The van der Waals surface area contributed by atoms with Gasteiger partial charge < -0.3 is 9.64 Å². The molecule has 0 amide bonds. The molecule has 0 spiro atoms. The number of piperazine rings is 1. The molecule has 1 aliphatic heterocycles. The number of rotatable bonds is 4. The Balaban J connectivity index is 1.94. The van der Waals surface area contributed by atoms with Crippen molar-refractivity contribution >= 4 is 11.8 Å². The molecule has 6 nitrogen and oxygen atoms in total. The van der Waals surface area contributed by atoms with Gasteiger partial charge in [-0.2, -0.15) is 5.26 Å². The van der Waals surface area contributed by atoms with E-state index in [9.17, 15) is 10.1 Å². The smallest absolute Gasteiger partial charge is 0.306 e. The molecule has 1 aromatic rings. The summed E-state index contributed by atoms with van der Waals surface area (Å²) in [5, 5.41) is 9.28. The lowest BCUT2D eigenvalue weighted by Crippen LogP contribution is -2.47. The Morgan fingerprint density at radius 3 is 2.76 bits per heavy atom. The number of nitriles is 1. The van der Waals surface area contributed by atoms with Crippen molar-refractivity contribution in [2.75, 3.05) is 44.7 Å². The Kier molecular flexibility index (Phi) is 5.12. The van der Waals surface area contributed by atoms with Gasteiger partial charge in [0, 0.05) is 38.9 Å². The van der Waals surface area contributed by atoms with E-state index in [-0.39, 0.29) is 5.97 Å².